The van der Waals surface area contributed by atoms with Gasteiger partial charge in [-0.1, -0.05) is 6.07 Å². The molecule has 0 radical (unpaired) electrons. The Hall–Kier alpha value is -2.58. The summed E-state index contributed by atoms with van der Waals surface area (Å²) >= 11 is 1.37. The predicted molar refractivity (Wildman–Crippen MR) is 97.9 cm³/mol. The maximum absolute atomic E-state index is 12.6. The molecule has 0 aromatic carbocycles. The summed E-state index contributed by atoms with van der Waals surface area (Å²) in [5.41, 5.74) is 1.83. The van der Waals surface area contributed by atoms with E-state index in [1.54, 1.807) is 19.5 Å². The van der Waals surface area contributed by atoms with Crippen LogP contribution in [0.25, 0.3) is 10.2 Å². The minimum atomic E-state index is -0.118. The van der Waals surface area contributed by atoms with E-state index in [0.717, 1.165) is 27.2 Å². The van der Waals surface area contributed by atoms with Crippen molar-refractivity contribution in [3.05, 3.63) is 46.9 Å². The monoisotopic (exact) mass is 357 g/mol. The smallest absolute Gasteiger partial charge is 0.261 e. The molecule has 0 atom stereocenters. The standard InChI is InChI=1S/C17H19N5O2S/c1-11-13-15(19-6-7-24-2)21-10-22-17(13)25-14(11)16(23)20-9-12-4-3-5-18-8-12/h3-5,8,10H,6-7,9H2,1-2H3,(H,20,23)(H,19,21,22). The van der Waals surface area contributed by atoms with Crippen molar-refractivity contribution in [2.75, 3.05) is 25.6 Å². The topological polar surface area (TPSA) is 89.0 Å². The molecule has 3 aromatic heterocycles. The number of anilines is 1. The number of carbonyl (C=O) groups is 1. The summed E-state index contributed by atoms with van der Waals surface area (Å²) in [6, 6.07) is 3.77. The van der Waals surface area contributed by atoms with E-state index in [-0.39, 0.29) is 5.91 Å². The van der Waals surface area contributed by atoms with Crippen LogP contribution in [0.4, 0.5) is 5.82 Å². The number of pyridine rings is 1. The average Bonchev–Trinajstić information content (AvgIpc) is 2.98. The second-order valence-electron chi connectivity index (χ2n) is 5.42. The molecule has 3 rings (SSSR count). The van der Waals surface area contributed by atoms with Crippen molar-refractivity contribution < 1.29 is 9.53 Å². The third kappa shape index (κ3) is 3.92. The Morgan fingerprint density at radius 3 is 3.00 bits per heavy atom. The molecule has 0 saturated carbocycles. The van der Waals surface area contributed by atoms with Gasteiger partial charge in [0.25, 0.3) is 5.91 Å². The van der Waals surface area contributed by atoms with Crippen molar-refractivity contribution in [1.29, 1.82) is 0 Å². The summed E-state index contributed by atoms with van der Waals surface area (Å²) in [5.74, 6) is 0.606. The highest BCUT2D eigenvalue weighted by Crippen LogP contribution is 2.33. The van der Waals surface area contributed by atoms with Gasteiger partial charge >= 0.3 is 0 Å². The molecule has 0 fully saturated rings. The summed E-state index contributed by atoms with van der Waals surface area (Å²) in [4.78, 5) is 26.7. The molecule has 7 nitrogen and oxygen atoms in total. The summed E-state index contributed by atoms with van der Waals surface area (Å²) < 4.78 is 5.05. The summed E-state index contributed by atoms with van der Waals surface area (Å²) in [6.45, 7) is 3.57. The molecule has 8 heteroatoms. The first-order valence-corrected chi connectivity index (χ1v) is 8.66. The third-order valence-electron chi connectivity index (χ3n) is 3.71. The van der Waals surface area contributed by atoms with Gasteiger partial charge in [0.2, 0.25) is 0 Å². The van der Waals surface area contributed by atoms with Gasteiger partial charge in [-0.25, -0.2) is 9.97 Å². The molecule has 0 unspecified atom stereocenters. The van der Waals surface area contributed by atoms with Crippen molar-refractivity contribution in [1.82, 2.24) is 20.3 Å². The van der Waals surface area contributed by atoms with Crippen LogP contribution in [0.1, 0.15) is 20.8 Å². The summed E-state index contributed by atoms with van der Waals surface area (Å²) in [5, 5.41) is 7.05. The van der Waals surface area contributed by atoms with Crippen molar-refractivity contribution in [2.45, 2.75) is 13.5 Å². The SMILES string of the molecule is COCCNc1ncnc2sc(C(=O)NCc3cccnc3)c(C)c12. The molecule has 130 valence electrons. The molecule has 1 amide bonds. The average molecular weight is 357 g/mol. The van der Waals surface area contributed by atoms with Gasteiger partial charge < -0.3 is 15.4 Å². The number of carbonyl (C=O) groups excluding carboxylic acids is 1. The zero-order valence-corrected chi connectivity index (χ0v) is 14.9. The number of aryl methyl sites for hydroxylation is 1. The van der Waals surface area contributed by atoms with Gasteiger partial charge in [0.05, 0.1) is 16.9 Å². The molecule has 3 aromatic rings. The Balaban J connectivity index is 1.80. The van der Waals surface area contributed by atoms with Crippen molar-refractivity contribution in [3.8, 4) is 0 Å². The molecule has 0 aliphatic rings. The van der Waals surface area contributed by atoms with Crippen LogP contribution in [0.2, 0.25) is 0 Å². The maximum Gasteiger partial charge on any atom is 0.261 e. The molecule has 3 heterocycles. The van der Waals surface area contributed by atoms with E-state index in [2.05, 4.69) is 25.6 Å². The molecule has 25 heavy (non-hydrogen) atoms. The van der Waals surface area contributed by atoms with E-state index >= 15 is 0 Å². The first-order chi connectivity index (χ1) is 12.2. The molecule has 0 aliphatic heterocycles. The number of hydrogen-bond acceptors (Lipinski definition) is 7. The first-order valence-electron chi connectivity index (χ1n) is 7.84. The van der Waals surface area contributed by atoms with Crippen molar-refractivity contribution in [2.24, 2.45) is 0 Å². The lowest BCUT2D eigenvalue weighted by Gasteiger charge is -2.07. The fraction of sp³-hybridized carbons (Fsp3) is 0.294. The van der Waals surface area contributed by atoms with Gasteiger partial charge in [-0.2, -0.15) is 0 Å². The lowest BCUT2D eigenvalue weighted by molar-refractivity contribution is 0.0954. The second kappa shape index (κ2) is 8.00. The number of rotatable bonds is 7. The highest BCUT2D eigenvalue weighted by Gasteiger charge is 2.19. The normalized spacial score (nSPS) is 10.8. The van der Waals surface area contributed by atoms with E-state index in [4.69, 9.17) is 4.74 Å². The lowest BCUT2D eigenvalue weighted by Crippen LogP contribution is -2.22. The molecule has 0 saturated heterocycles. The number of aromatic nitrogens is 3. The number of thiophene rings is 1. The number of nitrogens with zero attached hydrogens (tertiary/aromatic N) is 3. The number of nitrogens with one attached hydrogen (secondary N) is 2. The van der Waals surface area contributed by atoms with Crippen LogP contribution >= 0.6 is 11.3 Å². The number of ether oxygens (including phenoxy) is 1. The Kier molecular flexibility index (Phi) is 5.52. The highest BCUT2D eigenvalue weighted by atomic mass is 32.1. The van der Waals surface area contributed by atoms with Crippen LogP contribution in [-0.4, -0.2) is 41.1 Å². The van der Waals surface area contributed by atoms with Gasteiger partial charge in [0.1, 0.15) is 17.0 Å². The van der Waals surface area contributed by atoms with Gasteiger partial charge in [-0.3, -0.25) is 9.78 Å². The number of methoxy groups -OCH3 is 1. The highest BCUT2D eigenvalue weighted by molar-refractivity contribution is 7.20. The molecule has 0 spiro atoms. The van der Waals surface area contributed by atoms with Crippen LogP contribution in [0.3, 0.4) is 0 Å². The van der Waals surface area contributed by atoms with E-state index in [1.165, 1.54) is 17.7 Å². The predicted octanol–water partition coefficient (Wildman–Crippen LogP) is 2.38. The maximum atomic E-state index is 12.6. The number of amides is 1. The quantitative estimate of drug-likeness (QED) is 0.631. The van der Waals surface area contributed by atoms with Gasteiger partial charge in [0, 0.05) is 32.6 Å². The minimum Gasteiger partial charge on any atom is -0.383 e. The van der Waals surface area contributed by atoms with Crippen LogP contribution in [0, 0.1) is 6.92 Å². The zero-order valence-electron chi connectivity index (χ0n) is 14.1. The van der Waals surface area contributed by atoms with Crippen molar-refractivity contribution >= 4 is 33.3 Å². The largest absolute Gasteiger partial charge is 0.383 e. The summed E-state index contributed by atoms with van der Waals surface area (Å²) in [7, 11) is 1.65. The molecular formula is C17H19N5O2S. The molecule has 0 aliphatic carbocycles. The fourth-order valence-electron chi connectivity index (χ4n) is 2.46. The van der Waals surface area contributed by atoms with Crippen LogP contribution in [-0.2, 0) is 11.3 Å². The third-order valence-corrected chi connectivity index (χ3v) is 4.91. The van der Waals surface area contributed by atoms with E-state index in [1.807, 2.05) is 19.1 Å². The Labute approximate surface area is 149 Å². The first kappa shape index (κ1) is 17.2. The van der Waals surface area contributed by atoms with Gasteiger partial charge in [-0.15, -0.1) is 11.3 Å². The van der Waals surface area contributed by atoms with Crippen LogP contribution < -0.4 is 10.6 Å². The van der Waals surface area contributed by atoms with E-state index in [0.29, 0.717) is 24.6 Å². The zero-order chi connectivity index (χ0) is 17.6. The van der Waals surface area contributed by atoms with Crippen molar-refractivity contribution in [3.63, 3.8) is 0 Å². The fourth-order valence-corrected chi connectivity index (χ4v) is 3.52. The number of fused-ring (bicyclic) bond motifs is 1. The molecule has 0 bridgehead atoms. The minimum absolute atomic E-state index is 0.118. The molecular weight excluding hydrogens is 338 g/mol. The van der Waals surface area contributed by atoms with Gasteiger partial charge in [0.15, 0.2) is 0 Å². The Bertz CT molecular complexity index is 866. The van der Waals surface area contributed by atoms with Crippen LogP contribution in [0.5, 0.6) is 0 Å². The molecule has 2 N–H and O–H groups in total. The second-order valence-corrected chi connectivity index (χ2v) is 6.42. The Morgan fingerprint density at radius 2 is 2.24 bits per heavy atom. The van der Waals surface area contributed by atoms with E-state index in [9.17, 15) is 4.79 Å². The van der Waals surface area contributed by atoms with Crippen LogP contribution in [0.15, 0.2) is 30.9 Å². The van der Waals surface area contributed by atoms with Gasteiger partial charge in [-0.05, 0) is 24.1 Å². The Morgan fingerprint density at radius 1 is 1.36 bits per heavy atom. The van der Waals surface area contributed by atoms with E-state index < -0.39 is 0 Å². The lowest BCUT2D eigenvalue weighted by atomic mass is 10.2. The summed E-state index contributed by atoms with van der Waals surface area (Å²) in [6.07, 6.45) is 4.95. The number of hydrogen-bond donors (Lipinski definition) is 2.